The van der Waals surface area contributed by atoms with Crippen molar-refractivity contribution < 1.29 is 23.8 Å². The molecule has 1 aliphatic heterocycles. The van der Waals surface area contributed by atoms with Gasteiger partial charge >= 0.3 is 0 Å². The monoisotopic (exact) mass is 446 g/mol. The molecule has 1 aliphatic rings. The molecule has 1 aromatic carbocycles. The van der Waals surface area contributed by atoms with E-state index in [2.05, 4.69) is 13.8 Å². The van der Waals surface area contributed by atoms with Gasteiger partial charge < -0.3 is 19.1 Å². The second-order valence-corrected chi connectivity index (χ2v) is 7.89. The molecule has 0 radical (unpaired) electrons. The van der Waals surface area contributed by atoms with Crippen molar-refractivity contribution in [2.24, 2.45) is 0 Å². The van der Waals surface area contributed by atoms with Gasteiger partial charge in [-0.15, -0.1) is 0 Å². The van der Waals surface area contributed by atoms with Crippen molar-refractivity contribution in [1.82, 2.24) is 9.80 Å². The van der Waals surface area contributed by atoms with Crippen molar-refractivity contribution in [1.29, 1.82) is 0 Å². The zero-order chi connectivity index (χ0) is 23.3. The Balaban J connectivity index is 2.39. The summed E-state index contributed by atoms with van der Waals surface area (Å²) in [5.74, 6) is 0.283. The van der Waals surface area contributed by atoms with Gasteiger partial charge in [-0.25, -0.2) is 0 Å². The van der Waals surface area contributed by atoms with Gasteiger partial charge in [0, 0.05) is 33.9 Å². The van der Waals surface area contributed by atoms with Crippen molar-refractivity contribution in [3.63, 3.8) is 0 Å². The van der Waals surface area contributed by atoms with E-state index in [0.29, 0.717) is 50.7 Å². The van der Waals surface area contributed by atoms with Gasteiger partial charge in [0.15, 0.2) is 0 Å². The Kier molecular flexibility index (Phi) is 11.2. The van der Waals surface area contributed by atoms with E-state index >= 15 is 0 Å². The van der Waals surface area contributed by atoms with Crippen LogP contribution in [-0.4, -0.2) is 75.3 Å². The molecule has 2 rings (SSSR count). The van der Waals surface area contributed by atoms with Gasteiger partial charge in [0.25, 0.3) is 11.8 Å². The van der Waals surface area contributed by atoms with E-state index < -0.39 is 0 Å². The topological polar surface area (TPSA) is 68.3 Å². The largest absolute Gasteiger partial charge is 0.494 e. The molecule has 0 unspecified atom stereocenters. The van der Waals surface area contributed by atoms with Crippen LogP contribution in [0.25, 0.3) is 5.57 Å². The Morgan fingerprint density at radius 1 is 0.812 bits per heavy atom. The Labute approximate surface area is 192 Å². The Morgan fingerprint density at radius 2 is 1.47 bits per heavy atom. The lowest BCUT2D eigenvalue weighted by Crippen LogP contribution is -2.38. The molecular weight excluding hydrogens is 408 g/mol. The number of ether oxygens (including phenoxy) is 3. The van der Waals surface area contributed by atoms with Crippen LogP contribution < -0.4 is 4.74 Å². The van der Waals surface area contributed by atoms with E-state index in [-0.39, 0.29) is 11.8 Å². The van der Waals surface area contributed by atoms with Gasteiger partial charge in [0.05, 0.1) is 25.4 Å². The van der Waals surface area contributed by atoms with Crippen molar-refractivity contribution in [2.45, 2.75) is 46.0 Å². The predicted octanol–water partition coefficient (Wildman–Crippen LogP) is 3.73. The number of methoxy groups -OCH3 is 2. The standard InChI is InChI=1S/C25H38N2O5/c1-5-7-8-9-14-27-24(28)22(20-10-12-21(13-11-20)32-17-6-2)23(25(27)29)26(15-18-30-3)16-19-31-4/h10-13H,5-9,14-19H2,1-4H3. The summed E-state index contributed by atoms with van der Waals surface area (Å²) in [6, 6.07) is 7.42. The van der Waals surface area contributed by atoms with E-state index in [4.69, 9.17) is 14.2 Å². The molecule has 0 atom stereocenters. The molecule has 1 aromatic rings. The van der Waals surface area contributed by atoms with E-state index in [1.807, 2.05) is 29.2 Å². The number of carbonyl (C=O) groups excluding carboxylic acids is 2. The first kappa shape index (κ1) is 25.9. The number of hydrogen-bond acceptors (Lipinski definition) is 6. The summed E-state index contributed by atoms with van der Waals surface area (Å²) >= 11 is 0. The summed E-state index contributed by atoms with van der Waals surface area (Å²) < 4.78 is 16.2. The van der Waals surface area contributed by atoms with Crippen molar-refractivity contribution in [3.05, 3.63) is 35.5 Å². The maximum absolute atomic E-state index is 13.4. The van der Waals surface area contributed by atoms with Crippen LogP contribution in [0.5, 0.6) is 5.75 Å². The lowest BCUT2D eigenvalue weighted by Gasteiger charge is -2.25. The van der Waals surface area contributed by atoms with Crippen LogP contribution in [-0.2, 0) is 19.1 Å². The normalized spacial score (nSPS) is 13.9. The number of rotatable bonds is 16. The molecule has 0 bridgehead atoms. The van der Waals surface area contributed by atoms with E-state index in [1.54, 1.807) is 14.2 Å². The highest BCUT2D eigenvalue weighted by Crippen LogP contribution is 2.32. The van der Waals surface area contributed by atoms with Crippen molar-refractivity contribution in [2.75, 3.05) is 53.7 Å². The van der Waals surface area contributed by atoms with Crippen LogP contribution in [0.15, 0.2) is 30.0 Å². The zero-order valence-corrected chi connectivity index (χ0v) is 20.0. The molecule has 7 heteroatoms. The molecule has 0 spiro atoms. The smallest absolute Gasteiger partial charge is 0.277 e. The average molecular weight is 447 g/mol. The van der Waals surface area contributed by atoms with Crippen LogP contribution in [0.3, 0.4) is 0 Å². The summed E-state index contributed by atoms with van der Waals surface area (Å²) in [4.78, 5) is 30.2. The molecule has 7 nitrogen and oxygen atoms in total. The SMILES string of the molecule is CCCCCCN1C(=O)C(c2ccc(OCCC)cc2)=C(N(CCOC)CCOC)C1=O. The number of amides is 2. The van der Waals surface area contributed by atoms with E-state index in [0.717, 1.165) is 43.4 Å². The predicted molar refractivity (Wildman–Crippen MR) is 125 cm³/mol. The number of imide groups is 1. The van der Waals surface area contributed by atoms with Gasteiger partial charge in [-0.2, -0.15) is 0 Å². The summed E-state index contributed by atoms with van der Waals surface area (Å²) in [6.45, 7) is 7.16. The number of nitrogens with zero attached hydrogens (tertiary/aromatic N) is 2. The van der Waals surface area contributed by atoms with Crippen LogP contribution in [0.1, 0.15) is 51.5 Å². The molecule has 32 heavy (non-hydrogen) atoms. The molecule has 2 amide bonds. The number of carbonyl (C=O) groups is 2. The lowest BCUT2D eigenvalue weighted by molar-refractivity contribution is -0.137. The number of benzene rings is 1. The van der Waals surface area contributed by atoms with Gasteiger partial charge in [0.1, 0.15) is 11.4 Å². The third-order valence-electron chi connectivity index (χ3n) is 5.44. The third-order valence-corrected chi connectivity index (χ3v) is 5.44. The van der Waals surface area contributed by atoms with Crippen LogP contribution in [0.4, 0.5) is 0 Å². The van der Waals surface area contributed by atoms with E-state index in [1.165, 1.54) is 4.90 Å². The molecule has 0 N–H and O–H groups in total. The molecular formula is C25H38N2O5. The zero-order valence-electron chi connectivity index (χ0n) is 20.0. The maximum atomic E-state index is 13.4. The minimum atomic E-state index is -0.236. The van der Waals surface area contributed by atoms with Gasteiger partial charge in [0.2, 0.25) is 0 Å². The highest BCUT2D eigenvalue weighted by molar-refractivity contribution is 6.35. The second-order valence-electron chi connectivity index (χ2n) is 7.89. The summed E-state index contributed by atoms with van der Waals surface area (Å²) in [5, 5.41) is 0. The minimum absolute atomic E-state index is 0.233. The fraction of sp³-hybridized carbons (Fsp3) is 0.600. The number of unbranched alkanes of at least 4 members (excludes halogenated alkanes) is 3. The van der Waals surface area contributed by atoms with Gasteiger partial charge in [-0.3, -0.25) is 14.5 Å². The first-order valence-corrected chi connectivity index (χ1v) is 11.6. The summed E-state index contributed by atoms with van der Waals surface area (Å²) in [5.41, 5.74) is 1.60. The molecule has 0 aliphatic carbocycles. The molecule has 1 heterocycles. The molecule has 178 valence electrons. The number of hydrogen-bond donors (Lipinski definition) is 0. The van der Waals surface area contributed by atoms with E-state index in [9.17, 15) is 9.59 Å². The Morgan fingerprint density at radius 3 is 2.03 bits per heavy atom. The molecule has 0 saturated heterocycles. The van der Waals surface area contributed by atoms with Crippen molar-refractivity contribution >= 4 is 17.4 Å². The maximum Gasteiger partial charge on any atom is 0.277 e. The lowest BCUT2D eigenvalue weighted by atomic mass is 10.0. The second kappa shape index (κ2) is 13.9. The minimum Gasteiger partial charge on any atom is -0.494 e. The fourth-order valence-electron chi connectivity index (χ4n) is 3.69. The van der Waals surface area contributed by atoms with Gasteiger partial charge in [-0.1, -0.05) is 45.2 Å². The summed E-state index contributed by atoms with van der Waals surface area (Å²) in [7, 11) is 3.25. The third kappa shape index (κ3) is 6.81. The van der Waals surface area contributed by atoms with Crippen LogP contribution >= 0.6 is 0 Å². The molecule has 0 fully saturated rings. The highest BCUT2D eigenvalue weighted by Gasteiger charge is 2.41. The quantitative estimate of drug-likeness (QED) is 0.285. The Hall–Kier alpha value is -2.38. The average Bonchev–Trinajstić information content (AvgIpc) is 3.05. The van der Waals surface area contributed by atoms with Crippen LogP contribution in [0, 0.1) is 0 Å². The molecule has 0 aromatic heterocycles. The molecule has 0 saturated carbocycles. The first-order valence-electron chi connectivity index (χ1n) is 11.6. The van der Waals surface area contributed by atoms with Crippen LogP contribution in [0.2, 0.25) is 0 Å². The van der Waals surface area contributed by atoms with Gasteiger partial charge in [-0.05, 0) is 30.5 Å². The highest BCUT2D eigenvalue weighted by atomic mass is 16.5. The fourth-order valence-corrected chi connectivity index (χ4v) is 3.69. The summed E-state index contributed by atoms with van der Waals surface area (Å²) in [6.07, 6.45) is 4.93. The first-order chi connectivity index (χ1) is 15.6. The Bertz CT molecular complexity index is 752. The van der Waals surface area contributed by atoms with Crippen molar-refractivity contribution in [3.8, 4) is 5.75 Å².